The smallest absolute Gasteiger partial charge is 0.248 e. The number of anilines is 1. The monoisotopic (exact) mass is 319 g/mol. The summed E-state index contributed by atoms with van der Waals surface area (Å²) in [5.41, 5.74) is 6.18. The van der Waals surface area contributed by atoms with E-state index in [4.69, 9.17) is 5.73 Å². The van der Waals surface area contributed by atoms with Crippen molar-refractivity contribution in [2.24, 2.45) is 5.73 Å². The van der Waals surface area contributed by atoms with Gasteiger partial charge >= 0.3 is 0 Å². The molecule has 0 aliphatic rings. The van der Waals surface area contributed by atoms with Gasteiger partial charge in [0.1, 0.15) is 6.33 Å². The van der Waals surface area contributed by atoms with Crippen molar-refractivity contribution in [1.82, 2.24) is 14.8 Å². The van der Waals surface area contributed by atoms with Gasteiger partial charge in [0.25, 0.3) is 0 Å². The number of primary amides is 1. The first kappa shape index (κ1) is 16.0. The van der Waals surface area contributed by atoms with Gasteiger partial charge in [-0.25, -0.2) is 0 Å². The summed E-state index contributed by atoms with van der Waals surface area (Å²) in [5.74, 6) is -0.650. The molecule has 1 aromatic carbocycles. The van der Waals surface area contributed by atoms with Gasteiger partial charge in [-0.3, -0.25) is 9.59 Å². The molecular weight excluding hydrogens is 302 g/mol. The Kier molecular flexibility index (Phi) is 5.16. The van der Waals surface area contributed by atoms with Gasteiger partial charge < -0.3 is 15.6 Å². The summed E-state index contributed by atoms with van der Waals surface area (Å²) in [6.07, 6.45) is 1.63. The molecule has 0 saturated carbocycles. The second kappa shape index (κ2) is 7.08. The van der Waals surface area contributed by atoms with E-state index in [-0.39, 0.29) is 11.2 Å². The molecule has 1 atom stereocenters. The first-order valence-electron chi connectivity index (χ1n) is 6.76. The quantitative estimate of drug-likeness (QED) is 0.786. The Morgan fingerprint density at radius 2 is 2.05 bits per heavy atom. The van der Waals surface area contributed by atoms with Crippen LogP contribution in [0.25, 0.3) is 0 Å². The topological polar surface area (TPSA) is 103 Å². The molecule has 0 spiro atoms. The van der Waals surface area contributed by atoms with E-state index in [2.05, 4.69) is 15.5 Å². The molecule has 0 aliphatic heterocycles. The predicted molar refractivity (Wildman–Crippen MR) is 84.6 cm³/mol. The minimum absolute atomic E-state index is 0.150. The SMILES string of the molecule is CCn1cnnc1S[C@@H](C)C(=O)Nc1ccc(C(N)=O)cc1. The number of nitrogens with two attached hydrogens (primary N) is 1. The van der Waals surface area contributed by atoms with Gasteiger partial charge in [0, 0.05) is 17.8 Å². The van der Waals surface area contributed by atoms with Crippen molar-refractivity contribution in [3.05, 3.63) is 36.2 Å². The summed E-state index contributed by atoms with van der Waals surface area (Å²) in [4.78, 5) is 23.2. The molecule has 2 amide bonds. The van der Waals surface area contributed by atoms with E-state index >= 15 is 0 Å². The number of benzene rings is 1. The standard InChI is InChI=1S/C14H17N5O2S/c1-3-19-8-16-18-14(19)22-9(2)13(21)17-11-6-4-10(5-7-11)12(15)20/h4-9H,3H2,1-2H3,(H2,15,20)(H,17,21)/t9-/m0/s1. The van der Waals surface area contributed by atoms with Gasteiger partial charge in [-0.05, 0) is 38.1 Å². The number of amides is 2. The molecule has 0 bridgehead atoms. The fourth-order valence-electron chi connectivity index (χ4n) is 1.73. The number of hydrogen-bond acceptors (Lipinski definition) is 5. The van der Waals surface area contributed by atoms with Crippen molar-refractivity contribution < 1.29 is 9.59 Å². The molecule has 22 heavy (non-hydrogen) atoms. The molecule has 1 heterocycles. The number of rotatable bonds is 6. The maximum atomic E-state index is 12.2. The third-order valence-electron chi connectivity index (χ3n) is 3.01. The zero-order valence-electron chi connectivity index (χ0n) is 12.3. The van der Waals surface area contributed by atoms with Crippen molar-refractivity contribution in [1.29, 1.82) is 0 Å². The largest absolute Gasteiger partial charge is 0.366 e. The zero-order chi connectivity index (χ0) is 16.1. The number of hydrogen-bond donors (Lipinski definition) is 2. The van der Waals surface area contributed by atoms with Crippen LogP contribution in [0.15, 0.2) is 35.7 Å². The Bertz CT molecular complexity index is 668. The lowest BCUT2D eigenvalue weighted by molar-refractivity contribution is -0.115. The van der Waals surface area contributed by atoms with Crippen LogP contribution in [0, 0.1) is 0 Å². The Labute approximate surface area is 132 Å². The van der Waals surface area contributed by atoms with Crippen LogP contribution >= 0.6 is 11.8 Å². The zero-order valence-corrected chi connectivity index (χ0v) is 13.1. The Morgan fingerprint density at radius 3 is 2.64 bits per heavy atom. The molecule has 116 valence electrons. The van der Waals surface area contributed by atoms with E-state index in [1.165, 1.54) is 11.8 Å². The molecule has 0 saturated heterocycles. The lowest BCUT2D eigenvalue weighted by Gasteiger charge is -2.12. The molecule has 2 aromatic rings. The lowest BCUT2D eigenvalue weighted by Crippen LogP contribution is -2.23. The van der Waals surface area contributed by atoms with Crippen LogP contribution in [0.1, 0.15) is 24.2 Å². The highest BCUT2D eigenvalue weighted by Crippen LogP contribution is 2.22. The number of nitrogens with one attached hydrogen (secondary N) is 1. The van der Waals surface area contributed by atoms with Crippen LogP contribution in [0.3, 0.4) is 0 Å². The lowest BCUT2D eigenvalue weighted by atomic mass is 10.2. The van der Waals surface area contributed by atoms with E-state index in [1.54, 1.807) is 37.5 Å². The van der Waals surface area contributed by atoms with Gasteiger partial charge in [-0.15, -0.1) is 10.2 Å². The normalized spacial score (nSPS) is 11.9. The molecule has 1 aromatic heterocycles. The van der Waals surface area contributed by atoms with E-state index in [0.717, 1.165) is 6.54 Å². The van der Waals surface area contributed by atoms with Crippen molar-refractivity contribution in [2.45, 2.75) is 30.8 Å². The number of nitrogens with zero attached hydrogens (tertiary/aromatic N) is 3. The van der Waals surface area contributed by atoms with Crippen LogP contribution in [0.4, 0.5) is 5.69 Å². The Morgan fingerprint density at radius 1 is 1.36 bits per heavy atom. The summed E-state index contributed by atoms with van der Waals surface area (Å²) in [7, 11) is 0. The Balaban J connectivity index is 1.97. The van der Waals surface area contributed by atoms with Gasteiger partial charge in [0.15, 0.2) is 5.16 Å². The molecule has 3 N–H and O–H groups in total. The van der Waals surface area contributed by atoms with Gasteiger partial charge in [-0.1, -0.05) is 11.8 Å². The van der Waals surface area contributed by atoms with Crippen LogP contribution in [0.5, 0.6) is 0 Å². The van der Waals surface area contributed by atoms with Gasteiger partial charge in [0.05, 0.1) is 5.25 Å². The number of carbonyl (C=O) groups excluding carboxylic acids is 2. The Hall–Kier alpha value is -2.35. The van der Waals surface area contributed by atoms with Gasteiger partial charge in [0.2, 0.25) is 11.8 Å². The summed E-state index contributed by atoms with van der Waals surface area (Å²) >= 11 is 1.34. The molecule has 2 rings (SSSR count). The number of aryl methyl sites for hydroxylation is 1. The summed E-state index contributed by atoms with van der Waals surface area (Å²) in [6.45, 7) is 4.53. The fraction of sp³-hybridized carbons (Fsp3) is 0.286. The highest BCUT2D eigenvalue weighted by atomic mass is 32.2. The van der Waals surface area contributed by atoms with E-state index in [0.29, 0.717) is 16.4 Å². The molecule has 0 aliphatic carbocycles. The first-order valence-corrected chi connectivity index (χ1v) is 7.64. The summed E-state index contributed by atoms with van der Waals surface area (Å²) < 4.78 is 1.87. The summed E-state index contributed by atoms with van der Waals surface area (Å²) in [5, 5.41) is 11.0. The molecule has 0 unspecified atom stereocenters. The minimum atomic E-state index is -0.499. The summed E-state index contributed by atoms with van der Waals surface area (Å²) in [6, 6.07) is 6.43. The van der Waals surface area contributed by atoms with E-state index in [1.807, 2.05) is 11.5 Å². The van der Waals surface area contributed by atoms with Crippen LogP contribution < -0.4 is 11.1 Å². The maximum Gasteiger partial charge on any atom is 0.248 e. The number of aromatic nitrogens is 3. The van der Waals surface area contributed by atoms with Crippen molar-refractivity contribution in [2.75, 3.05) is 5.32 Å². The van der Waals surface area contributed by atoms with Crippen LogP contribution in [-0.2, 0) is 11.3 Å². The molecule has 8 heteroatoms. The molecular formula is C14H17N5O2S. The average molecular weight is 319 g/mol. The third kappa shape index (κ3) is 3.85. The predicted octanol–water partition coefficient (Wildman–Crippen LogP) is 1.52. The second-order valence-corrected chi connectivity index (χ2v) is 5.90. The van der Waals surface area contributed by atoms with Crippen molar-refractivity contribution >= 4 is 29.3 Å². The van der Waals surface area contributed by atoms with Crippen molar-refractivity contribution in [3.63, 3.8) is 0 Å². The number of carbonyl (C=O) groups is 2. The van der Waals surface area contributed by atoms with Crippen LogP contribution in [0.2, 0.25) is 0 Å². The first-order chi connectivity index (χ1) is 10.5. The van der Waals surface area contributed by atoms with E-state index < -0.39 is 5.91 Å². The molecule has 0 radical (unpaired) electrons. The van der Waals surface area contributed by atoms with E-state index in [9.17, 15) is 9.59 Å². The fourth-order valence-corrected chi connectivity index (χ4v) is 2.61. The second-order valence-electron chi connectivity index (χ2n) is 4.59. The highest BCUT2D eigenvalue weighted by molar-refractivity contribution is 8.00. The molecule has 0 fully saturated rings. The van der Waals surface area contributed by atoms with Gasteiger partial charge in [-0.2, -0.15) is 0 Å². The van der Waals surface area contributed by atoms with Crippen LogP contribution in [-0.4, -0.2) is 31.8 Å². The average Bonchev–Trinajstić information content (AvgIpc) is 2.94. The molecule has 7 nitrogen and oxygen atoms in total. The minimum Gasteiger partial charge on any atom is -0.366 e. The highest BCUT2D eigenvalue weighted by Gasteiger charge is 2.17. The third-order valence-corrected chi connectivity index (χ3v) is 4.10. The number of thioether (sulfide) groups is 1. The maximum absolute atomic E-state index is 12.2. The van der Waals surface area contributed by atoms with Crippen molar-refractivity contribution in [3.8, 4) is 0 Å².